The highest BCUT2D eigenvalue weighted by Crippen LogP contribution is 2.40. The number of benzene rings is 2. The Morgan fingerprint density at radius 2 is 1.71 bits per heavy atom. The molecule has 21 heavy (non-hydrogen) atoms. The summed E-state index contributed by atoms with van der Waals surface area (Å²) in [6.45, 7) is 1.37. The van der Waals surface area contributed by atoms with Gasteiger partial charge in [-0.15, -0.1) is 0 Å². The van der Waals surface area contributed by atoms with Gasteiger partial charge in [-0.05, 0) is 25.1 Å². The molecule has 0 spiro atoms. The molecular formula is C15H12F4O2. The maximum Gasteiger partial charge on any atom is 0.419 e. The first-order valence-electron chi connectivity index (χ1n) is 6.11. The van der Waals surface area contributed by atoms with E-state index in [1.807, 2.05) is 0 Å². The van der Waals surface area contributed by atoms with Gasteiger partial charge in [0.2, 0.25) is 0 Å². The Morgan fingerprint density at radius 1 is 1.05 bits per heavy atom. The van der Waals surface area contributed by atoms with E-state index in [2.05, 4.69) is 0 Å². The first-order valence-corrected chi connectivity index (χ1v) is 6.11. The average molecular weight is 300 g/mol. The van der Waals surface area contributed by atoms with Crippen LogP contribution in [-0.4, -0.2) is 5.11 Å². The minimum Gasteiger partial charge on any atom is -0.453 e. The number of aliphatic hydroxyl groups excluding tert-OH is 1. The van der Waals surface area contributed by atoms with Gasteiger partial charge in [0.15, 0.2) is 11.6 Å². The fraction of sp³-hybridized carbons (Fsp3) is 0.200. The topological polar surface area (TPSA) is 29.5 Å². The van der Waals surface area contributed by atoms with Crippen LogP contribution in [0.25, 0.3) is 0 Å². The predicted molar refractivity (Wildman–Crippen MR) is 68.6 cm³/mol. The Hall–Kier alpha value is -2.08. The molecule has 2 nitrogen and oxygen atoms in total. The molecule has 2 aromatic rings. The van der Waals surface area contributed by atoms with Crippen LogP contribution < -0.4 is 4.74 Å². The van der Waals surface area contributed by atoms with E-state index in [4.69, 9.17) is 4.74 Å². The van der Waals surface area contributed by atoms with Gasteiger partial charge in [-0.1, -0.05) is 24.3 Å². The summed E-state index contributed by atoms with van der Waals surface area (Å²) in [6, 6.07) is 8.30. The first-order chi connectivity index (χ1) is 9.80. The second-order valence-electron chi connectivity index (χ2n) is 4.43. The van der Waals surface area contributed by atoms with E-state index >= 15 is 0 Å². The third kappa shape index (κ3) is 3.33. The molecule has 6 heteroatoms. The summed E-state index contributed by atoms with van der Waals surface area (Å²) in [5.74, 6) is -1.77. The molecular weight excluding hydrogens is 288 g/mol. The van der Waals surface area contributed by atoms with Crippen molar-refractivity contribution in [2.24, 2.45) is 0 Å². The summed E-state index contributed by atoms with van der Waals surface area (Å²) in [5.41, 5.74) is -0.934. The van der Waals surface area contributed by atoms with Crippen LogP contribution in [0.5, 0.6) is 11.5 Å². The number of hydrogen-bond acceptors (Lipinski definition) is 2. The number of aliphatic hydroxyl groups is 1. The maximum atomic E-state index is 13.8. The smallest absolute Gasteiger partial charge is 0.419 e. The van der Waals surface area contributed by atoms with Crippen LogP contribution >= 0.6 is 0 Å². The van der Waals surface area contributed by atoms with Crippen molar-refractivity contribution in [3.63, 3.8) is 0 Å². The summed E-state index contributed by atoms with van der Waals surface area (Å²) < 4.78 is 57.6. The molecule has 0 bridgehead atoms. The Morgan fingerprint density at radius 3 is 2.33 bits per heavy atom. The molecule has 0 heterocycles. The highest BCUT2D eigenvalue weighted by Gasteiger charge is 2.34. The highest BCUT2D eigenvalue weighted by atomic mass is 19.4. The second kappa shape index (κ2) is 5.73. The van der Waals surface area contributed by atoms with Crippen molar-refractivity contribution in [2.75, 3.05) is 0 Å². The molecule has 0 aliphatic carbocycles. The molecule has 112 valence electrons. The zero-order valence-corrected chi connectivity index (χ0v) is 11.0. The number of halogens is 4. The Kier molecular flexibility index (Phi) is 4.18. The van der Waals surface area contributed by atoms with Crippen LogP contribution in [0, 0.1) is 5.82 Å². The second-order valence-corrected chi connectivity index (χ2v) is 4.43. The van der Waals surface area contributed by atoms with Crippen molar-refractivity contribution in [3.05, 3.63) is 59.4 Å². The third-order valence-corrected chi connectivity index (χ3v) is 2.85. The molecule has 1 N–H and O–H groups in total. The fourth-order valence-corrected chi connectivity index (χ4v) is 1.86. The maximum absolute atomic E-state index is 13.8. The van der Waals surface area contributed by atoms with Gasteiger partial charge in [0.05, 0.1) is 11.7 Å². The van der Waals surface area contributed by atoms with E-state index in [9.17, 15) is 22.7 Å². The van der Waals surface area contributed by atoms with Crippen molar-refractivity contribution in [2.45, 2.75) is 19.2 Å². The molecule has 0 aliphatic heterocycles. The third-order valence-electron chi connectivity index (χ3n) is 2.85. The lowest BCUT2D eigenvalue weighted by molar-refractivity contribution is -0.138. The molecule has 0 aromatic heterocycles. The standard InChI is InChI=1S/C15H12F4O2/c1-9(20)10-5-4-7-12(16)14(10)21-13-8-3-2-6-11(13)15(17,18)19/h2-9,20H,1H3. The van der Waals surface area contributed by atoms with Gasteiger partial charge in [-0.3, -0.25) is 0 Å². The zero-order chi connectivity index (χ0) is 15.6. The molecule has 0 radical (unpaired) electrons. The van der Waals surface area contributed by atoms with Crippen molar-refractivity contribution < 1.29 is 27.4 Å². The molecule has 2 rings (SSSR count). The van der Waals surface area contributed by atoms with Gasteiger partial charge in [-0.2, -0.15) is 13.2 Å². The van der Waals surface area contributed by atoms with E-state index in [-0.39, 0.29) is 5.56 Å². The first kappa shape index (κ1) is 15.3. The van der Waals surface area contributed by atoms with Crippen LogP contribution in [0.1, 0.15) is 24.2 Å². The van der Waals surface area contributed by atoms with E-state index in [1.165, 1.54) is 31.2 Å². The lowest BCUT2D eigenvalue weighted by Crippen LogP contribution is -2.08. The van der Waals surface area contributed by atoms with Crippen molar-refractivity contribution >= 4 is 0 Å². The minimum absolute atomic E-state index is 0.0759. The minimum atomic E-state index is -4.62. The molecule has 1 unspecified atom stereocenters. The Labute approximate surface area is 118 Å². The summed E-state index contributed by atoms with van der Waals surface area (Å²) in [5, 5.41) is 9.57. The van der Waals surface area contributed by atoms with E-state index in [0.717, 1.165) is 18.2 Å². The highest BCUT2D eigenvalue weighted by molar-refractivity contribution is 5.43. The zero-order valence-electron chi connectivity index (χ0n) is 11.0. The Bertz CT molecular complexity index is 636. The van der Waals surface area contributed by atoms with Gasteiger partial charge in [0, 0.05) is 5.56 Å². The van der Waals surface area contributed by atoms with E-state index in [0.29, 0.717) is 0 Å². The van der Waals surface area contributed by atoms with Crippen LogP contribution in [0.2, 0.25) is 0 Å². The number of alkyl halides is 3. The predicted octanol–water partition coefficient (Wildman–Crippen LogP) is 4.69. The van der Waals surface area contributed by atoms with Crippen LogP contribution in [-0.2, 0) is 6.18 Å². The fourth-order valence-electron chi connectivity index (χ4n) is 1.86. The molecule has 1 atom stereocenters. The van der Waals surface area contributed by atoms with Gasteiger partial charge in [0.1, 0.15) is 5.75 Å². The van der Waals surface area contributed by atoms with Crippen molar-refractivity contribution in [3.8, 4) is 11.5 Å². The van der Waals surface area contributed by atoms with Gasteiger partial charge >= 0.3 is 6.18 Å². The summed E-state index contributed by atoms with van der Waals surface area (Å²) in [6.07, 6.45) is -5.69. The van der Waals surface area contributed by atoms with Gasteiger partial charge in [0.25, 0.3) is 0 Å². The monoisotopic (exact) mass is 300 g/mol. The largest absolute Gasteiger partial charge is 0.453 e. The van der Waals surface area contributed by atoms with Crippen molar-refractivity contribution in [1.29, 1.82) is 0 Å². The van der Waals surface area contributed by atoms with Gasteiger partial charge in [-0.25, -0.2) is 4.39 Å². The number of ether oxygens (including phenoxy) is 1. The van der Waals surface area contributed by atoms with E-state index < -0.39 is 35.2 Å². The normalized spacial score (nSPS) is 13.0. The number of rotatable bonds is 3. The van der Waals surface area contributed by atoms with Crippen molar-refractivity contribution in [1.82, 2.24) is 0 Å². The van der Waals surface area contributed by atoms with Crippen LogP contribution in [0.4, 0.5) is 17.6 Å². The summed E-state index contributed by atoms with van der Waals surface area (Å²) in [4.78, 5) is 0. The summed E-state index contributed by atoms with van der Waals surface area (Å²) >= 11 is 0. The molecule has 0 amide bonds. The summed E-state index contributed by atoms with van der Waals surface area (Å²) in [7, 11) is 0. The lowest BCUT2D eigenvalue weighted by atomic mass is 10.1. The number of hydrogen-bond donors (Lipinski definition) is 1. The SMILES string of the molecule is CC(O)c1cccc(F)c1Oc1ccccc1C(F)(F)F. The number of para-hydroxylation sites is 2. The van der Waals surface area contributed by atoms with Crippen LogP contribution in [0.15, 0.2) is 42.5 Å². The molecule has 0 saturated heterocycles. The molecule has 2 aromatic carbocycles. The van der Waals surface area contributed by atoms with Crippen LogP contribution in [0.3, 0.4) is 0 Å². The quantitative estimate of drug-likeness (QED) is 0.833. The average Bonchev–Trinajstić information content (AvgIpc) is 2.40. The molecule has 0 saturated carbocycles. The lowest BCUT2D eigenvalue weighted by Gasteiger charge is -2.17. The molecule has 0 fully saturated rings. The van der Waals surface area contributed by atoms with E-state index in [1.54, 1.807) is 0 Å². The molecule has 0 aliphatic rings. The Balaban J connectivity index is 2.49. The van der Waals surface area contributed by atoms with Gasteiger partial charge < -0.3 is 9.84 Å².